The number of anilines is 1. The third kappa shape index (κ3) is 3.76. The fraction of sp³-hybridized carbons (Fsp3) is 0.467. The Kier molecular flexibility index (Phi) is 4.72. The number of hydrogen-bond acceptors (Lipinski definition) is 6. The number of amides is 2. The van der Waals surface area contributed by atoms with Gasteiger partial charge in [-0.3, -0.25) is 9.59 Å². The summed E-state index contributed by atoms with van der Waals surface area (Å²) in [4.78, 5) is 35.3. The fourth-order valence-electron chi connectivity index (χ4n) is 2.52. The van der Waals surface area contributed by atoms with E-state index in [0.717, 1.165) is 17.8 Å². The Morgan fingerprint density at radius 3 is 2.83 bits per heavy atom. The third-order valence-corrected chi connectivity index (χ3v) is 5.52. The van der Waals surface area contributed by atoms with Crippen molar-refractivity contribution >= 4 is 39.6 Å². The van der Waals surface area contributed by atoms with Crippen LogP contribution in [0.15, 0.2) is 5.38 Å². The molecule has 2 amide bonds. The van der Waals surface area contributed by atoms with Crippen LogP contribution in [0, 0.1) is 0 Å². The van der Waals surface area contributed by atoms with E-state index >= 15 is 0 Å². The second-order valence-electron chi connectivity index (χ2n) is 5.56. The molecule has 23 heavy (non-hydrogen) atoms. The number of rotatable bonds is 4. The van der Waals surface area contributed by atoms with Crippen molar-refractivity contribution in [2.45, 2.75) is 39.2 Å². The van der Waals surface area contributed by atoms with Crippen molar-refractivity contribution < 1.29 is 9.59 Å². The molecule has 0 radical (unpaired) electrons. The average Bonchev–Trinajstić information content (AvgIpc) is 3.11. The van der Waals surface area contributed by atoms with Gasteiger partial charge in [0.1, 0.15) is 10.7 Å². The van der Waals surface area contributed by atoms with Crippen molar-refractivity contribution in [1.82, 2.24) is 14.9 Å². The zero-order valence-electron chi connectivity index (χ0n) is 13.1. The number of aromatic nitrogens is 2. The molecule has 2 heterocycles. The van der Waals surface area contributed by atoms with Gasteiger partial charge in [-0.2, -0.15) is 0 Å². The molecule has 0 fully saturated rings. The van der Waals surface area contributed by atoms with Gasteiger partial charge in [0.05, 0.1) is 12.2 Å². The quantitative estimate of drug-likeness (QED) is 0.920. The highest BCUT2D eigenvalue weighted by Gasteiger charge is 2.20. The molecule has 0 bridgehead atoms. The van der Waals surface area contributed by atoms with Crippen LogP contribution in [0.3, 0.4) is 0 Å². The first kappa shape index (κ1) is 16.1. The summed E-state index contributed by atoms with van der Waals surface area (Å²) in [6.07, 6.45) is 4.59. The van der Waals surface area contributed by atoms with Crippen LogP contribution in [0.4, 0.5) is 5.13 Å². The molecule has 8 heteroatoms. The fourth-order valence-corrected chi connectivity index (χ4v) is 4.46. The van der Waals surface area contributed by atoms with Crippen LogP contribution in [0.5, 0.6) is 0 Å². The van der Waals surface area contributed by atoms with Crippen LogP contribution in [0.1, 0.15) is 45.8 Å². The molecule has 0 aliphatic heterocycles. The average molecular weight is 350 g/mol. The van der Waals surface area contributed by atoms with E-state index in [-0.39, 0.29) is 11.8 Å². The highest BCUT2D eigenvalue weighted by Crippen LogP contribution is 2.27. The van der Waals surface area contributed by atoms with Gasteiger partial charge in [0.15, 0.2) is 5.13 Å². The van der Waals surface area contributed by atoms with Gasteiger partial charge in [-0.15, -0.1) is 22.7 Å². The zero-order chi connectivity index (χ0) is 16.4. The molecule has 1 aliphatic carbocycles. The molecular weight excluding hydrogens is 332 g/mol. The first-order valence-electron chi connectivity index (χ1n) is 7.49. The van der Waals surface area contributed by atoms with Gasteiger partial charge in [-0.05, 0) is 25.7 Å². The lowest BCUT2D eigenvalue weighted by molar-refractivity contribution is -0.114. The minimum absolute atomic E-state index is 0.161. The highest BCUT2D eigenvalue weighted by molar-refractivity contribution is 7.14. The number of nitrogens with one attached hydrogen (secondary N) is 1. The Balaban J connectivity index is 1.66. The summed E-state index contributed by atoms with van der Waals surface area (Å²) in [5.41, 5.74) is 1.56. The number of carbonyl (C=O) groups is 2. The molecule has 1 N–H and O–H groups in total. The normalized spacial score (nSPS) is 13.5. The smallest absolute Gasteiger partial charge is 0.273 e. The molecule has 3 rings (SSSR count). The molecule has 0 spiro atoms. The van der Waals surface area contributed by atoms with Crippen molar-refractivity contribution in [3.63, 3.8) is 0 Å². The zero-order valence-corrected chi connectivity index (χ0v) is 14.7. The second-order valence-corrected chi connectivity index (χ2v) is 7.59. The summed E-state index contributed by atoms with van der Waals surface area (Å²) < 4.78 is 0. The Labute approximate surface area is 142 Å². The third-order valence-electron chi connectivity index (χ3n) is 3.62. The van der Waals surface area contributed by atoms with E-state index in [2.05, 4.69) is 15.3 Å². The molecule has 6 nitrogen and oxygen atoms in total. The van der Waals surface area contributed by atoms with Gasteiger partial charge in [0.25, 0.3) is 5.91 Å². The molecule has 122 valence electrons. The number of aryl methyl sites for hydroxylation is 2. The lowest BCUT2D eigenvalue weighted by Gasteiger charge is -2.13. The van der Waals surface area contributed by atoms with Crippen LogP contribution in [-0.4, -0.2) is 33.7 Å². The van der Waals surface area contributed by atoms with E-state index in [1.165, 1.54) is 41.7 Å². The highest BCUT2D eigenvalue weighted by atomic mass is 32.1. The standard InChI is InChI=1S/C15H18N4O2S2/c1-9(20)16-15-18-11(8-22-15)14(21)19(2)7-13-17-10-5-3-4-6-12(10)23-13/h8H,3-7H2,1-2H3,(H,16,18,20). The molecule has 2 aromatic rings. The molecule has 0 unspecified atom stereocenters. The summed E-state index contributed by atoms with van der Waals surface area (Å²) in [7, 11) is 1.75. The van der Waals surface area contributed by atoms with Gasteiger partial charge in [0, 0.05) is 24.2 Å². The predicted octanol–water partition coefficient (Wildman–Crippen LogP) is 2.71. The summed E-state index contributed by atoms with van der Waals surface area (Å²) in [6, 6.07) is 0. The number of thiazole rings is 2. The van der Waals surface area contributed by atoms with Gasteiger partial charge in [-0.1, -0.05) is 0 Å². The minimum Gasteiger partial charge on any atom is -0.334 e. The maximum Gasteiger partial charge on any atom is 0.273 e. The van der Waals surface area contributed by atoms with E-state index in [1.54, 1.807) is 28.7 Å². The van der Waals surface area contributed by atoms with Crippen molar-refractivity contribution in [1.29, 1.82) is 0 Å². The van der Waals surface area contributed by atoms with Gasteiger partial charge < -0.3 is 10.2 Å². The summed E-state index contributed by atoms with van der Waals surface area (Å²) in [6.45, 7) is 1.91. The van der Waals surface area contributed by atoms with Crippen LogP contribution in [0.25, 0.3) is 0 Å². The van der Waals surface area contributed by atoms with E-state index in [9.17, 15) is 9.59 Å². The van der Waals surface area contributed by atoms with E-state index in [4.69, 9.17) is 0 Å². The Hall–Kier alpha value is -1.80. The molecule has 0 saturated heterocycles. The lowest BCUT2D eigenvalue weighted by atomic mass is 10.0. The van der Waals surface area contributed by atoms with E-state index < -0.39 is 0 Å². The number of nitrogens with zero attached hydrogens (tertiary/aromatic N) is 3. The first-order valence-corrected chi connectivity index (χ1v) is 9.18. The van der Waals surface area contributed by atoms with E-state index in [0.29, 0.717) is 17.4 Å². The van der Waals surface area contributed by atoms with Gasteiger partial charge in [-0.25, -0.2) is 9.97 Å². The largest absolute Gasteiger partial charge is 0.334 e. The molecule has 0 atom stereocenters. The van der Waals surface area contributed by atoms with Crippen LogP contribution in [-0.2, 0) is 24.2 Å². The van der Waals surface area contributed by atoms with E-state index in [1.807, 2.05) is 0 Å². The molecular formula is C15H18N4O2S2. The lowest BCUT2D eigenvalue weighted by Crippen LogP contribution is -2.26. The SMILES string of the molecule is CC(=O)Nc1nc(C(=O)N(C)Cc2nc3c(s2)CCCC3)cs1. The molecule has 1 aliphatic rings. The monoisotopic (exact) mass is 350 g/mol. The summed E-state index contributed by atoms with van der Waals surface area (Å²) in [5, 5.41) is 5.67. The van der Waals surface area contributed by atoms with Crippen molar-refractivity contribution in [2.24, 2.45) is 0 Å². The first-order chi connectivity index (χ1) is 11.0. The van der Waals surface area contributed by atoms with Crippen LogP contribution in [0.2, 0.25) is 0 Å². The summed E-state index contributed by atoms with van der Waals surface area (Å²) >= 11 is 2.96. The number of carbonyl (C=O) groups excluding carboxylic acids is 2. The molecule has 0 saturated carbocycles. The Bertz CT molecular complexity index is 714. The van der Waals surface area contributed by atoms with Gasteiger partial charge >= 0.3 is 0 Å². The van der Waals surface area contributed by atoms with Crippen molar-refractivity contribution in [2.75, 3.05) is 12.4 Å². The van der Waals surface area contributed by atoms with Gasteiger partial charge in [0.2, 0.25) is 5.91 Å². The molecule has 2 aromatic heterocycles. The minimum atomic E-state index is -0.194. The van der Waals surface area contributed by atoms with Crippen LogP contribution >= 0.6 is 22.7 Å². The Morgan fingerprint density at radius 2 is 2.09 bits per heavy atom. The van der Waals surface area contributed by atoms with Crippen LogP contribution < -0.4 is 5.32 Å². The van der Waals surface area contributed by atoms with Crippen molar-refractivity contribution in [3.8, 4) is 0 Å². The topological polar surface area (TPSA) is 75.2 Å². The predicted molar refractivity (Wildman–Crippen MR) is 91.0 cm³/mol. The number of fused-ring (bicyclic) bond motifs is 1. The Morgan fingerprint density at radius 1 is 1.30 bits per heavy atom. The second kappa shape index (κ2) is 6.76. The maximum absolute atomic E-state index is 12.4. The maximum atomic E-state index is 12.4. The molecule has 0 aromatic carbocycles. The number of hydrogen-bond donors (Lipinski definition) is 1. The summed E-state index contributed by atoms with van der Waals surface area (Å²) in [5.74, 6) is -0.355. The van der Waals surface area contributed by atoms with Crippen molar-refractivity contribution in [3.05, 3.63) is 26.7 Å².